The van der Waals surface area contributed by atoms with Crippen LogP contribution in [0.5, 0.6) is 0 Å². The molecule has 0 aliphatic carbocycles. The van der Waals surface area contributed by atoms with E-state index in [9.17, 15) is 0 Å². The van der Waals surface area contributed by atoms with E-state index in [1.54, 1.807) is 11.3 Å². The number of halogens is 1. The minimum Gasteiger partial charge on any atom is -0.459 e. The van der Waals surface area contributed by atoms with Crippen LogP contribution in [0.4, 0.5) is 0 Å². The maximum absolute atomic E-state index is 5.99. The first-order valence-electron chi connectivity index (χ1n) is 6.61. The van der Waals surface area contributed by atoms with Gasteiger partial charge in [0.25, 0.3) is 0 Å². The summed E-state index contributed by atoms with van der Waals surface area (Å²) in [5.74, 6) is 1.03. The van der Waals surface area contributed by atoms with Gasteiger partial charge in [-0.15, -0.1) is 11.3 Å². The Kier molecular flexibility index (Phi) is 3.96. The molecule has 3 rings (SSSR count). The highest BCUT2D eigenvalue weighted by Crippen LogP contribution is 2.29. The number of nitrogens with one attached hydrogen (secondary N) is 1. The van der Waals surface area contributed by atoms with E-state index in [1.165, 1.54) is 19.6 Å². The molecule has 0 radical (unpaired) electrons. The van der Waals surface area contributed by atoms with Crippen LogP contribution in [0, 0.1) is 6.92 Å². The fourth-order valence-electron chi connectivity index (χ4n) is 2.40. The van der Waals surface area contributed by atoms with Gasteiger partial charge in [0.2, 0.25) is 0 Å². The number of rotatable bonds is 4. The molecule has 4 heteroatoms. The van der Waals surface area contributed by atoms with Crippen LogP contribution in [0.3, 0.4) is 0 Å². The molecule has 0 saturated carbocycles. The number of aryl methyl sites for hydroxylation is 1. The summed E-state index contributed by atoms with van der Waals surface area (Å²) in [6.45, 7) is 5.13. The van der Waals surface area contributed by atoms with Gasteiger partial charge in [-0.1, -0.05) is 18.2 Å². The molecule has 1 N–H and O–H groups in total. The Balaban J connectivity index is 1.78. The highest BCUT2D eigenvalue weighted by molar-refractivity contribution is 9.11. The third kappa shape index (κ3) is 2.68. The Morgan fingerprint density at radius 1 is 1.25 bits per heavy atom. The average molecular weight is 350 g/mol. The van der Waals surface area contributed by atoms with Crippen LogP contribution in [-0.4, -0.2) is 0 Å². The Morgan fingerprint density at radius 3 is 2.75 bits per heavy atom. The van der Waals surface area contributed by atoms with Gasteiger partial charge >= 0.3 is 0 Å². The Labute approximate surface area is 130 Å². The predicted molar refractivity (Wildman–Crippen MR) is 88.2 cm³/mol. The average Bonchev–Trinajstić information content (AvgIpc) is 3.01. The molecule has 0 fully saturated rings. The Morgan fingerprint density at radius 2 is 2.05 bits per heavy atom. The predicted octanol–water partition coefficient (Wildman–Crippen LogP) is 5.42. The fourth-order valence-corrected chi connectivity index (χ4v) is 3.83. The highest BCUT2D eigenvalue weighted by Gasteiger charge is 2.16. The second-order valence-electron chi connectivity index (χ2n) is 4.90. The van der Waals surface area contributed by atoms with Crippen molar-refractivity contribution in [2.45, 2.75) is 26.4 Å². The molecule has 20 heavy (non-hydrogen) atoms. The minimum atomic E-state index is 0.197. The molecule has 3 aromatic rings. The lowest BCUT2D eigenvalue weighted by Gasteiger charge is -2.11. The van der Waals surface area contributed by atoms with Crippen molar-refractivity contribution in [3.63, 3.8) is 0 Å². The normalized spacial score (nSPS) is 12.9. The third-order valence-corrected chi connectivity index (χ3v) is 5.11. The lowest BCUT2D eigenvalue weighted by molar-refractivity contribution is 0.449. The summed E-state index contributed by atoms with van der Waals surface area (Å²) < 4.78 is 7.15. The van der Waals surface area contributed by atoms with Crippen molar-refractivity contribution < 1.29 is 4.42 Å². The molecular weight excluding hydrogens is 334 g/mol. The lowest BCUT2D eigenvalue weighted by Crippen LogP contribution is -2.17. The van der Waals surface area contributed by atoms with E-state index in [0.717, 1.165) is 17.9 Å². The number of fused-ring (bicyclic) bond motifs is 1. The molecule has 1 aromatic carbocycles. The summed E-state index contributed by atoms with van der Waals surface area (Å²) in [7, 11) is 0. The van der Waals surface area contributed by atoms with Crippen molar-refractivity contribution >= 4 is 38.2 Å². The Hall–Kier alpha value is -1.10. The van der Waals surface area contributed by atoms with E-state index in [2.05, 4.69) is 59.4 Å². The van der Waals surface area contributed by atoms with Gasteiger partial charge in [0.05, 0.1) is 9.83 Å². The first-order chi connectivity index (χ1) is 9.65. The summed E-state index contributed by atoms with van der Waals surface area (Å²) in [6.07, 6.45) is 0. The zero-order valence-electron chi connectivity index (χ0n) is 11.4. The number of benzene rings is 1. The van der Waals surface area contributed by atoms with Crippen LogP contribution >= 0.6 is 27.3 Å². The minimum absolute atomic E-state index is 0.197. The van der Waals surface area contributed by atoms with E-state index >= 15 is 0 Å². The molecule has 2 aromatic heterocycles. The molecule has 104 valence electrons. The molecule has 0 amide bonds. The molecule has 0 spiro atoms. The summed E-state index contributed by atoms with van der Waals surface area (Å²) in [6, 6.07) is 12.6. The Bertz CT molecular complexity index is 731. The smallest absolute Gasteiger partial charge is 0.134 e. The van der Waals surface area contributed by atoms with Crippen molar-refractivity contribution in [1.29, 1.82) is 0 Å². The standard InChI is InChI=1S/C16H16BrNOS/c1-10-13-5-3-4-6-14(13)19-16(10)11(2)18-9-12-7-8-15(17)20-12/h3-8,11,18H,9H2,1-2H3. The van der Waals surface area contributed by atoms with Gasteiger partial charge in [-0.2, -0.15) is 0 Å². The monoisotopic (exact) mass is 349 g/mol. The molecule has 1 unspecified atom stereocenters. The first kappa shape index (κ1) is 13.9. The zero-order valence-corrected chi connectivity index (χ0v) is 13.8. The fraction of sp³-hybridized carbons (Fsp3) is 0.250. The maximum Gasteiger partial charge on any atom is 0.134 e. The lowest BCUT2D eigenvalue weighted by atomic mass is 10.1. The van der Waals surface area contributed by atoms with Gasteiger partial charge < -0.3 is 9.73 Å². The van der Waals surface area contributed by atoms with E-state index in [0.29, 0.717) is 0 Å². The first-order valence-corrected chi connectivity index (χ1v) is 8.21. The van der Waals surface area contributed by atoms with Gasteiger partial charge in [0.15, 0.2) is 0 Å². The molecule has 0 aliphatic rings. The number of para-hydroxylation sites is 1. The number of hydrogen-bond donors (Lipinski definition) is 1. The van der Waals surface area contributed by atoms with Crippen molar-refractivity contribution in [1.82, 2.24) is 5.32 Å². The highest BCUT2D eigenvalue weighted by atomic mass is 79.9. The number of thiophene rings is 1. The van der Waals surface area contributed by atoms with Crippen LogP contribution in [-0.2, 0) is 6.54 Å². The topological polar surface area (TPSA) is 25.2 Å². The van der Waals surface area contributed by atoms with Crippen LogP contribution in [0.2, 0.25) is 0 Å². The quantitative estimate of drug-likeness (QED) is 0.680. The molecule has 0 aliphatic heterocycles. The van der Waals surface area contributed by atoms with Crippen LogP contribution in [0.1, 0.15) is 29.2 Å². The van der Waals surface area contributed by atoms with Gasteiger partial charge in [-0.05, 0) is 53.5 Å². The molecule has 0 bridgehead atoms. The molecule has 1 atom stereocenters. The molecule has 0 saturated heterocycles. The van der Waals surface area contributed by atoms with Crippen molar-refractivity contribution in [3.05, 3.63) is 56.4 Å². The summed E-state index contributed by atoms with van der Waals surface area (Å²) in [5.41, 5.74) is 2.19. The van der Waals surface area contributed by atoms with Crippen molar-refractivity contribution in [3.8, 4) is 0 Å². The molecular formula is C16H16BrNOS. The summed E-state index contributed by atoms with van der Waals surface area (Å²) in [5, 5.41) is 4.73. The van der Waals surface area contributed by atoms with Gasteiger partial charge in [-0.3, -0.25) is 0 Å². The molecule has 2 nitrogen and oxygen atoms in total. The van der Waals surface area contributed by atoms with Gasteiger partial charge in [-0.25, -0.2) is 0 Å². The van der Waals surface area contributed by atoms with Crippen LogP contribution in [0.25, 0.3) is 11.0 Å². The SMILES string of the molecule is Cc1c(C(C)NCc2ccc(Br)s2)oc2ccccc12. The van der Waals surface area contributed by atoms with Crippen LogP contribution in [0.15, 0.2) is 44.6 Å². The summed E-state index contributed by atoms with van der Waals surface area (Å²) >= 11 is 5.25. The largest absolute Gasteiger partial charge is 0.459 e. The second-order valence-corrected chi connectivity index (χ2v) is 7.44. The molecule has 2 heterocycles. The van der Waals surface area contributed by atoms with Gasteiger partial charge in [0.1, 0.15) is 11.3 Å². The number of hydrogen-bond acceptors (Lipinski definition) is 3. The summed E-state index contributed by atoms with van der Waals surface area (Å²) in [4.78, 5) is 1.32. The van der Waals surface area contributed by atoms with Gasteiger partial charge in [0, 0.05) is 16.8 Å². The third-order valence-electron chi connectivity index (χ3n) is 3.49. The van der Waals surface area contributed by atoms with E-state index < -0.39 is 0 Å². The zero-order chi connectivity index (χ0) is 14.1. The number of furan rings is 1. The van der Waals surface area contributed by atoms with Crippen LogP contribution < -0.4 is 5.32 Å². The van der Waals surface area contributed by atoms with E-state index in [-0.39, 0.29) is 6.04 Å². The van der Waals surface area contributed by atoms with E-state index in [1.807, 2.05) is 12.1 Å². The second kappa shape index (κ2) is 5.72. The maximum atomic E-state index is 5.99. The van der Waals surface area contributed by atoms with E-state index in [4.69, 9.17) is 4.42 Å². The van der Waals surface area contributed by atoms with Crippen molar-refractivity contribution in [2.24, 2.45) is 0 Å². The van der Waals surface area contributed by atoms with Crippen molar-refractivity contribution in [2.75, 3.05) is 0 Å².